The van der Waals surface area contributed by atoms with Gasteiger partial charge in [-0.3, -0.25) is 0 Å². The van der Waals surface area contributed by atoms with Crippen LogP contribution in [0.5, 0.6) is 0 Å². The Hall–Kier alpha value is -0.950. The van der Waals surface area contributed by atoms with E-state index in [2.05, 4.69) is 15.3 Å². The third-order valence-electron chi connectivity index (χ3n) is 3.32. The van der Waals surface area contributed by atoms with Gasteiger partial charge in [0.1, 0.15) is 17.6 Å². The first-order valence-corrected chi connectivity index (χ1v) is 7.13. The number of aliphatic hydroxyl groups excluding tert-OH is 1. The van der Waals surface area contributed by atoms with Gasteiger partial charge in [0.15, 0.2) is 5.82 Å². The molecule has 0 unspecified atom stereocenters. The minimum Gasteiger partial charge on any atom is -0.394 e. The molecule has 0 aromatic carbocycles. The maximum Gasteiger partial charge on any atom is 0.158 e. The minimum absolute atomic E-state index is 0.0266. The van der Waals surface area contributed by atoms with Crippen molar-refractivity contribution in [2.24, 2.45) is 0 Å². The predicted molar refractivity (Wildman–Crippen MR) is 75.9 cm³/mol. The summed E-state index contributed by atoms with van der Waals surface area (Å²) in [6.07, 6.45) is 1.46. The van der Waals surface area contributed by atoms with E-state index in [1.54, 1.807) is 6.07 Å². The van der Waals surface area contributed by atoms with Crippen LogP contribution in [0, 0.1) is 0 Å². The molecule has 1 saturated heterocycles. The molecule has 20 heavy (non-hydrogen) atoms. The normalized spacial score (nSPS) is 17.9. The first-order chi connectivity index (χ1) is 9.67. The number of aromatic nitrogens is 2. The summed E-state index contributed by atoms with van der Waals surface area (Å²) in [7, 11) is 0. The highest BCUT2D eigenvalue weighted by molar-refractivity contribution is 6.29. The van der Waals surface area contributed by atoms with Gasteiger partial charge in [-0.15, -0.1) is 0 Å². The van der Waals surface area contributed by atoms with Gasteiger partial charge in [0.25, 0.3) is 0 Å². The molecule has 2 N–H and O–H groups in total. The molecule has 6 nitrogen and oxygen atoms in total. The third kappa shape index (κ3) is 4.02. The van der Waals surface area contributed by atoms with Crippen LogP contribution in [0.25, 0.3) is 0 Å². The van der Waals surface area contributed by atoms with Crippen LogP contribution in [0.3, 0.4) is 0 Å². The lowest BCUT2D eigenvalue weighted by atomic mass is 9.91. The van der Waals surface area contributed by atoms with Gasteiger partial charge >= 0.3 is 0 Å². The molecule has 112 valence electrons. The number of hydrogen-bond donors (Lipinski definition) is 2. The van der Waals surface area contributed by atoms with Crippen LogP contribution in [-0.2, 0) is 16.1 Å². The van der Waals surface area contributed by atoms with Crippen LogP contribution in [0.4, 0.5) is 5.82 Å². The number of aliphatic hydroxyl groups is 1. The maximum absolute atomic E-state index is 9.66. The first kappa shape index (κ1) is 15.4. The zero-order valence-corrected chi connectivity index (χ0v) is 12.3. The van der Waals surface area contributed by atoms with Crippen LogP contribution < -0.4 is 5.32 Å². The molecule has 1 aromatic heterocycles. The fourth-order valence-electron chi connectivity index (χ4n) is 2.14. The Labute approximate surface area is 123 Å². The zero-order valence-electron chi connectivity index (χ0n) is 11.6. The lowest BCUT2D eigenvalue weighted by Gasteiger charge is -2.36. The van der Waals surface area contributed by atoms with Gasteiger partial charge < -0.3 is 19.9 Å². The molecule has 0 spiro atoms. The van der Waals surface area contributed by atoms with E-state index >= 15 is 0 Å². The Morgan fingerprint density at radius 1 is 1.45 bits per heavy atom. The lowest BCUT2D eigenvalue weighted by molar-refractivity contribution is 0.0378. The molecular formula is C13H20ClN3O3. The molecule has 1 aliphatic rings. The van der Waals surface area contributed by atoms with E-state index in [4.69, 9.17) is 21.1 Å². The van der Waals surface area contributed by atoms with E-state index < -0.39 is 5.54 Å². The Bertz CT molecular complexity index is 439. The standard InChI is InChI=1S/C13H20ClN3O3/c1-2-19-8-12-15-10(14)7-11(16-12)17-13(9-18)3-5-20-6-4-13/h7,18H,2-6,8-9H2,1H3,(H,15,16,17). The van der Waals surface area contributed by atoms with Crippen LogP contribution in [-0.4, -0.2) is 47.0 Å². The summed E-state index contributed by atoms with van der Waals surface area (Å²) in [6.45, 7) is 4.10. The smallest absolute Gasteiger partial charge is 0.158 e. The van der Waals surface area contributed by atoms with Gasteiger partial charge in [0, 0.05) is 25.9 Å². The van der Waals surface area contributed by atoms with Gasteiger partial charge in [0.05, 0.1) is 12.1 Å². The summed E-state index contributed by atoms with van der Waals surface area (Å²) in [6, 6.07) is 1.66. The largest absolute Gasteiger partial charge is 0.394 e. The van der Waals surface area contributed by atoms with E-state index in [9.17, 15) is 5.11 Å². The summed E-state index contributed by atoms with van der Waals surface area (Å²) < 4.78 is 10.6. The molecule has 0 bridgehead atoms. The summed E-state index contributed by atoms with van der Waals surface area (Å²) in [4.78, 5) is 8.49. The van der Waals surface area contributed by atoms with Crippen molar-refractivity contribution in [3.63, 3.8) is 0 Å². The van der Waals surface area contributed by atoms with Crippen LogP contribution in [0.1, 0.15) is 25.6 Å². The number of ether oxygens (including phenoxy) is 2. The first-order valence-electron chi connectivity index (χ1n) is 6.75. The van der Waals surface area contributed by atoms with Crippen LogP contribution in [0.2, 0.25) is 5.15 Å². The van der Waals surface area contributed by atoms with E-state index in [0.717, 1.165) is 12.8 Å². The molecule has 1 fully saturated rings. The van der Waals surface area contributed by atoms with Gasteiger partial charge in [-0.1, -0.05) is 11.6 Å². The minimum atomic E-state index is -0.404. The van der Waals surface area contributed by atoms with E-state index in [0.29, 0.717) is 43.2 Å². The molecule has 7 heteroatoms. The fraction of sp³-hybridized carbons (Fsp3) is 0.692. The molecule has 1 aromatic rings. The van der Waals surface area contributed by atoms with Crippen molar-refractivity contribution in [3.05, 3.63) is 17.0 Å². The predicted octanol–water partition coefficient (Wildman–Crippen LogP) is 1.62. The Balaban J connectivity index is 2.12. The van der Waals surface area contributed by atoms with Crippen molar-refractivity contribution < 1.29 is 14.6 Å². The molecule has 0 saturated carbocycles. The maximum atomic E-state index is 9.66. The summed E-state index contributed by atoms with van der Waals surface area (Å²) in [5, 5.41) is 13.3. The van der Waals surface area contributed by atoms with Gasteiger partial charge in [-0.25, -0.2) is 9.97 Å². The SMILES string of the molecule is CCOCc1nc(Cl)cc(NC2(CO)CCOCC2)n1. The Morgan fingerprint density at radius 3 is 2.85 bits per heavy atom. The fourth-order valence-corrected chi connectivity index (χ4v) is 2.34. The summed E-state index contributed by atoms with van der Waals surface area (Å²) in [5.74, 6) is 1.14. The summed E-state index contributed by atoms with van der Waals surface area (Å²) in [5.41, 5.74) is -0.404. The highest BCUT2D eigenvalue weighted by atomic mass is 35.5. The Kier molecular flexibility index (Phi) is 5.54. The molecule has 1 aliphatic heterocycles. The number of nitrogens with zero attached hydrogens (tertiary/aromatic N) is 2. The van der Waals surface area contributed by atoms with E-state index in [-0.39, 0.29) is 6.61 Å². The second-order valence-corrected chi connectivity index (χ2v) is 5.19. The van der Waals surface area contributed by atoms with Crippen molar-refractivity contribution in [1.29, 1.82) is 0 Å². The highest BCUT2D eigenvalue weighted by Crippen LogP contribution is 2.25. The number of rotatable bonds is 6. The molecule has 0 atom stereocenters. The van der Waals surface area contributed by atoms with E-state index in [1.165, 1.54) is 0 Å². The quantitative estimate of drug-likeness (QED) is 0.778. The van der Waals surface area contributed by atoms with Gasteiger partial charge in [-0.2, -0.15) is 0 Å². The number of halogens is 1. The number of anilines is 1. The Morgan fingerprint density at radius 2 is 2.20 bits per heavy atom. The van der Waals surface area contributed by atoms with Crippen LogP contribution in [0.15, 0.2) is 6.07 Å². The monoisotopic (exact) mass is 301 g/mol. The van der Waals surface area contributed by atoms with Crippen molar-refractivity contribution in [1.82, 2.24) is 9.97 Å². The van der Waals surface area contributed by atoms with Crippen molar-refractivity contribution in [2.45, 2.75) is 31.9 Å². The van der Waals surface area contributed by atoms with Crippen molar-refractivity contribution >= 4 is 17.4 Å². The summed E-state index contributed by atoms with van der Waals surface area (Å²) >= 11 is 6.00. The van der Waals surface area contributed by atoms with Crippen molar-refractivity contribution in [2.75, 3.05) is 31.7 Å². The molecular weight excluding hydrogens is 282 g/mol. The molecule has 2 heterocycles. The highest BCUT2D eigenvalue weighted by Gasteiger charge is 2.32. The number of nitrogens with one attached hydrogen (secondary N) is 1. The third-order valence-corrected chi connectivity index (χ3v) is 3.52. The molecule has 2 rings (SSSR count). The zero-order chi connectivity index (χ0) is 14.4. The van der Waals surface area contributed by atoms with Gasteiger partial charge in [-0.05, 0) is 19.8 Å². The molecule has 0 aliphatic carbocycles. The average molecular weight is 302 g/mol. The van der Waals surface area contributed by atoms with Crippen LogP contribution >= 0.6 is 11.6 Å². The lowest BCUT2D eigenvalue weighted by Crippen LogP contribution is -2.47. The van der Waals surface area contributed by atoms with E-state index in [1.807, 2.05) is 6.92 Å². The van der Waals surface area contributed by atoms with Crippen molar-refractivity contribution in [3.8, 4) is 0 Å². The molecule has 0 radical (unpaired) electrons. The second kappa shape index (κ2) is 7.17. The molecule has 0 amide bonds. The topological polar surface area (TPSA) is 76.5 Å². The number of hydrogen-bond acceptors (Lipinski definition) is 6. The second-order valence-electron chi connectivity index (χ2n) is 4.81. The average Bonchev–Trinajstić information content (AvgIpc) is 2.45. The van der Waals surface area contributed by atoms with Gasteiger partial charge in [0.2, 0.25) is 0 Å².